The predicted octanol–water partition coefficient (Wildman–Crippen LogP) is 4.14. The molecule has 0 spiro atoms. The summed E-state index contributed by atoms with van der Waals surface area (Å²) in [5.41, 5.74) is 1.63. The van der Waals surface area contributed by atoms with Crippen molar-refractivity contribution in [3.05, 3.63) is 64.5 Å². The summed E-state index contributed by atoms with van der Waals surface area (Å²) in [6.45, 7) is 0.589. The first-order chi connectivity index (χ1) is 10.2. The lowest BCUT2D eigenvalue weighted by molar-refractivity contribution is 0.0780. The first-order valence-electron chi connectivity index (χ1n) is 6.53. The summed E-state index contributed by atoms with van der Waals surface area (Å²) >= 11 is 3.15. The van der Waals surface area contributed by atoms with Crippen LogP contribution in [-0.2, 0) is 6.54 Å². The molecule has 2 heterocycles. The normalized spacial score (nSPS) is 10.5. The lowest BCUT2D eigenvalue weighted by Gasteiger charge is -2.15. The van der Waals surface area contributed by atoms with Crippen LogP contribution in [0.15, 0.2) is 53.2 Å². The van der Waals surface area contributed by atoms with E-state index >= 15 is 0 Å². The number of benzene rings is 1. The quantitative estimate of drug-likeness (QED) is 0.725. The number of nitrogens with zero attached hydrogens (tertiary/aromatic N) is 2. The number of hydrogen-bond donors (Lipinski definition) is 0. The fourth-order valence-electron chi connectivity index (χ4n) is 2.01. The molecule has 3 aromatic rings. The SMILES string of the molecule is CN(Cc1ccccc1)C(=O)c1csc(-c2cccs2)n1. The van der Waals surface area contributed by atoms with Crippen molar-refractivity contribution >= 4 is 28.6 Å². The number of rotatable bonds is 4. The van der Waals surface area contributed by atoms with E-state index in [1.165, 1.54) is 11.3 Å². The first-order valence-corrected chi connectivity index (χ1v) is 8.29. The Bertz CT molecular complexity index is 720. The van der Waals surface area contributed by atoms with Gasteiger partial charge in [-0.3, -0.25) is 4.79 Å². The second kappa shape index (κ2) is 6.20. The minimum atomic E-state index is -0.0436. The van der Waals surface area contributed by atoms with Crippen LogP contribution in [0.4, 0.5) is 0 Å². The number of aromatic nitrogens is 1. The fourth-order valence-corrected chi connectivity index (χ4v) is 3.62. The number of amides is 1. The Morgan fingerprint density at radius 2 is 1.95 bits per heavy atom. The molecule has 1 aromatic carbocycles. The van der Waals surface area contributed by atoms with Gasteiger partial charge in [-0.05, 0) is 17.0 Å². The molecule has 0 aliphatic rings. The van der Waals surface area contributed by atoms with Crippen LogP contribution in [0.25, 0.3) is 9.88 Å². The second-order valence-electron chi connectivity index (χ2n) is 4.66. The average molecular weight is 314 g/mol. The van der Waals surface area contributed by atoms with Crippen molar-refractivity contribution in [3.8, 4) is 9.88 Å². The Morgan fingerprint density at radius 1 is 1.14 bits per heavy atom. The molecule has 0 saturated heterocycles. The van der Waals surface area contributed by atoms with Gasteiger partial charge < -0.3 is 4.90 Å². The minimum absolute atomic E-state index is 0.0436. The largest absolute Gasteiger partial charge is 0.336 e. The summed E-state index contributed by atoms with van der Waals surface area (Å²) in [4.78, 5) is 19.7. The highest BCUT2D eigenvalue weighted by Gasteiger charge is 2.16. The van der Waals surface area contributed by atoms with Gasteiger partial charge in [-0.2, -0.15) is 0 Å². The van der Waals surface area contributed by atoms with Crippen LogP contribution < -0.4 is 0 Å². The van der Waals surface area contributed by atoms with Gasteiger partial charge in [-0.15, -0.1) is 22.7 Å². The Hall–Kier alpha value is -1.98. The van der Waals surface area contributed by atoms with E-state index < -0.39 is 0 Å². The third kappa shape index (κ3) is 3.20. The van der Waals surface area contributed by atoms with Crippen molar-refractivity contribution < 1.29 is 4.79 Å². The van der Waals surface area contributed by atoms with Gasteiger partial charge in [0, 0.05) is 19.0 Å². The summed E-state index contributed by atoms with van der Waals surface area (Å²) in [7, 11) is 1.81. The van der Waals surface area contributed by atoms with Crippen molar-refractivity contribution in [1.29, 1.82) is 0 Å². The van der Waals surface area contributed by atoms with Gasteiger partial charge in [0.15, 0.2) is 0 Å². The molecule has 1 amide bonds. The molecule has 0 aliphatic carbocycles. The van der Waals surface area contributed by atoms with Crippen LogP contribution in [-0.4, -0.2) is 22.8 Å². The maximum Gasteiger partial charge on any atom is 0.273 e. The van der Waals surface area contributed by atoms with Crippen LogP contribution in [0, 0.1) is 0 Å². The van der Waals surface area contributed by atoms with Crippen molar-refractivity contribution in [2.45, 2.75) is 6.54 Å². The van der Waals surface area contributed by atoms with Gasteiger partial charge in [-0.25, -0.2) is 4.98 Å². The van der Waals surface area contributed by atoms with Crippen molar-refractivity contribution in [1.82, 2.24) is 9.88 Å². The van der Waals surface area contributed by atoms with E-state index in [0.29, 0.717) is 12.2 Å². The summed E-state index contributed by atoms with van der Waals surface area (Å²) in [5.74, 6) is -0.0436. The summed E-state index contributed by atoms with van der Waals surface area (Å²) in [6.07, 6.45) is 0. The molecule has 0 atom stereocenters. The third-order valence-corrected chi connectivity index (χ3v) is 4.95. The maximum atomic E-state index is 12.4. The molecule has 0 N–H and O–H groups in total. The van der Waals surface area contributed by atoms with E-state index in [0.717, 1.165) is 15.4 Å². The van der Waals surface area contributed by atoms with Crippen LogP contribution in [0.2, 0.25) is 0 Å². The average Bonchev–Trinajstić information content (AvgIpc) is 3.18. The topological polar surface area (TPSA) is 33.2 Å². The van der Waals surface area contributed by atoms with E-state index in [1.807, 2.05) is 53.2 Å². The molecule has 0 fully saturated rings. The van der Waals surface area contributed by atoms with Gasteiger partial charge in [0.25, 0.3) is 5.91 Å². The highest BCUT2D eigenvalue weighted by atomic mass is 32.1. The Labute approximate surface area is 131 Å². The lowest BCUT2D eigenvalue weighted by atomic mass is 10.2. The zero-order valence-corrected chi connectivity index (χ0v) is 13.2. The van der Waals surface area contributed by atoms with Gasteiger partial charge in [0.2, 0.25) is 0 Å². The Morgan fingerprint density at radius 3 is 2.67 bits per heavy atom. The molecule has 21 heavy (non-hydrogen) atoms. The molecule has 0 saturated carbocycles. The standard InChI is InChI=1S/C16H14N2OS2/c1-18(10-12-6-3-2-4-7-12)16(19)13-11-21-15(17-13)14-8-5-9-20-14/h2-9,11H,10H2,1H3. The molecule has 106 valence electrons. The van der Waals surface area contributed by atoms with Gasteiger partial charge in [-0.1, -0.05) is 36.4 Å². The summed E-state index contributed by atoms with van der Waals surface area (Å²) in [6, 6.07) is 14.0. The van der Waals surface area contributed by atoms with Crippen molar-refractivity contribution in [2.24, 2.45) is 0 Å². The van der Waals surface area contributed by atoms with E-state index in [9.17, 15) is 4.79 Å². The monoisotopic (exact) mass is 314 g/mol. The first kappa shape index (κ1) is 14.0. The molecule has 5 heteroatoms. The van der Waals surface area contributed by atoms with Crippen molar-refractivity contribution in [2.75, 3.05) is 7.05 Å². The van der Waals surface area contributed by atoms with Crippen molar-refractivity contribution in [3.63, 3.8) is 0 Å². The van der Waals surface area contributed by atoms with Crippen LogP contribution in [0.3, 0.4) is 0 Å². The number of hydrogen-bond acceptors (Lipinski definition) is 4. The number of carbonyl (C=O) groups excluding carboxylic acids is 1. The lowest BCUT2D eigenvalue weighted by Crippen LogP contribution is -2.26. The zero-order chi connectivity index (χ0) is 14.7. The molecule has 0 bridgehead atoms. The predicted molar refractivity (Wildman–Crippen MR) is 87.7 cm³/mol. The third-order valence-electron chi connectivity index (χ3n) is 3.06. The number of carbonyl (C=O) groups is 1. The molecule has 3 nitrogen and oxygen atoms in total. The zero-order valence-electron chi connectivity index (χ0n) is 11.5. The van der Waals surface area contributed by atoms with E-state index in [4.69, 9.17) is 0 Å². The summed E-state index contributed by atoms with van der Waals surface area (Å²) in [5, 5.41) is 4.75. The van der Waals surface area contributed by atoms with Gasteiger partial charge >= 0.3 is 0 Å². The van der Waals surface area contributed by atoms with E-state index in [-0.39, 0.29) is 5.91 Å². The summed E-state index contributed by atoms with van der Waals surface area (Å²) < 4.78 is 0. The van der Waals surface area contributed by atoms with Gasteiger partial charge in [0.05, 0.1) is 4.88 Å². The Kier molecular flexibility index (Phi) is 4.13. The molecule has 2 aromatic heterocycles. The van der Waals surface area contributed by atoms with Crippen LogP contribution >= 0.6 is 22.7 Å². The molecule has 0 unspecified atom stereocenters. The molecular formula is C16H14N2OS2. The second-order valence-corrected chi connectivity index (χ2v) is 6.47. The fraction of sp³-hybridized carbons (Fsp3) is 0.125. The Balaban J connectivity index is 1.73. The van der Waals surface area contributed by atoms with Crippen LogP contribution in [0.5, 0.6) is 0 Å². The van der Waals surface area contributed by atoms with Gasteiger partial charge in [0.1, 0.15) is 10.7 Å². The molecule has 0 radical (unpaired) electrons. The number of thiophene rings is 1. The van der Waals surface area contributed by atoms with E-state index in [2.05, 4.69) is 4.98 Å². The highest BCUT2D eigenvalue weighted by Crippen LogP contribution is 2.28. The highest BCUT2D eigenvalue weighted by molar-refractivity contribution is 7.20. The maximum absolute atomic E-state index is 12.4. The molecule has 0 aliphatic heterocycles. The number of thiazole rings is 1. The smallest absolute Gasteiger partial charge is 0.273 e. The molecular weight excluding hydrogens is 300 g/mol. The molecule has 3 rings (SSSR count). The van der Waals surface area contributed by atoms with E-state index in [1.54, 1.807) is 23.3 Å². The minimum Gasteiger partial charge on any atom is -0.336 e. The van der Waals surface area contributed by atoms with Crippen LogP contribution in [0.1, 0.15) is 16.1 Å².